The van der Waals surface area contributed by atoms with Crippen LogP contribution in [0.25, 0.3) is 0 Å². The van der Waals surface area contributed by atoms with Gasteiger partial charge in [-0.3, -0.25) is 4.79 Å². The first-order chi connectivity index (χ1) is 8.82. The van der Waals surface area contributed by atoms with E-state index < -0.39 is 36.0 Å². The highest BCUT2D eigenvalue weighted by Crippen LogP contribution is 2.23. The molecule has 0 bridgehead atoms. The molecule has 8 nitrogen and oxygen atoms in total. The fraction of sp³-hybridized carbons (Fsp3) is 0.727. The number of rotatable bonds is 6. The van der Waals surface area contributed by atoms with Crippen LogP contribution < -0.4 is 10.6 Å². The van der Waals surface area contributed by atoms with Crippen molar-refractivity contribution in [3.63, 3.8) is 0 Å². The summed E-state index contributed by atoms with van der Waals surface area (Å²) in [7, 11) is 0. The second kappa shape index (κ2) is 6.37. The summed E-state index contributed by atoms with van der Waals surface area (Å²) in [6, 6.07) is -2.17. The molecule has 108 valence electrons. The number of carbonyl (C=O) groups excluding carboxylic acids is 1. The Balaban J connectivity index is 2.40. The number of carbonyl (C=O) groups is 3. The zero-order chi connectivity index (χ0) is 14.5. The molecule has 0 aromatic heterocycles. The first-order valence-electron chi connectivity index (χ1n) is 5.95. The van der Waals surface area contributed by atoms with Crippen LogP contribution in [0.4, 0.5) is 4.79 Å². The number of carboxylic acid groups (broad SMARTS) is 2. The highest BCUT2D eigenvalue weighted by Gasteiger charge is 2.30. The standard InChI is InChI=1S/C11H18N2O6/c1-11(3-2-4-19-11)6-12-10(18)13-7(9(16)17)5-8(14)15/h7H,2-6H2,1H3,(H,14,15)(H,16,17)(H2,12,13,18)/t7-,11?/m0/s1. The van der Waals surface area contributed by atoms with E-state index in [1.54, 1.807) is 0 Å². The SMILES string of the molecule is CC1(CNC(=O)N[C@@H](CC(=O)O)C(=O)O)CCCO1. The lowest BCUT2D eigenvalue weighted by Gasteiger charge is -2.24. The van der Waals surface area contributed by atoms with Gasteiger partial charge in [-0.15, -0.1) is 0 Å². The van der Waals surface area contributed by atoms with E-state index >= 15 is 0 Å². The van der Waals surface area contributed by atoms with Gasteiger partial charge in [0.1, 0.15) is 6.04 Å². The Morgan fingerprint density at radius 1 is 1.37 bits per heavy atom. The monoisotopic (exact) mass is 274 g/mol. The molecule has 0 aromatic rings. The summed E-state index contributed by atoms with van der Waals surface area (Å²) in [4.78, 5) is 32.7. The topological polar surface area (TPSA) is 125 Å². The molecule has 1 rings (SSSR count). The van der Waals surface area contributed by atoms with E-state index in [1.807, 2.05) is 6.92 Å². The van der Waals surface area contributed by atoms with Gasteiger partial charge in [-0.2, -0.15) is 0 Å². The van der Waals surface area contributed by atoms with E-state index in [0.29, 0.717) is 6.61 Å². The molecule has 1 fully saturated rings. The Hall–Kier alpha value is -1.83. The van der Waals surface area contributed by atoms with E-state index in [9.17, 15) is 14.4 Å². The second-order valence-electron chi connectivity index (χ2n) is 4.72. The zero-order valence-corrected chi connectivity index (χ0v) is 10.6. The molecule has 2 amide bonds. The van der Waals surface area contributed by atoms with Crippen LogP contribution in [0.1, 0.15) is 26.2 Å². The molecule has 0 spiro atoms. The van der Waals surface area contributed by atoms with Gasteiger partial charge >= 0.3 is 18.0 Å². The Bertz CT molecular complexity index is 364. The van der Waals surface area contributed by atoms with Gasteiger partial charge in [0.2, 0.25) is 0 Å². The predicted octanol–water partition coefficient (Wildman–Crippen LogP) is -0.217. The van der Waals surface area contributed by atoms with Crippen LogP contribution in [0, 0.1) is 0 Å². The summed E-state index contributed by atoms with van der Waals surface area (Å²) in [5.74, 6) is -2.68. The minimum atomic E-state index is -1.45. The minimum absolute atomic E-state index is 0.248. The molecule has 0 radical (unpaired) electrons. The molecule has 0 aliphatic carbocycles. The molecule has 19 heavy (non-hydrogen) atoms. The van der Waals surface area contributed by atoms with Crippen LogP contribution in [0.2, 0.25) is 0 Å². The largest absolute Gasteiger partial charge is 0.481 e. The smallest absolute Gasteiger partial charge is 0.326 e. The lowest BCUT2D eigenvalue weighted by Crippen LogP contribution is -2.50. The van der Waals surface area contributed by atoms with E-state index in [0.717, 1.165) is 12.8 Å². The molecule has 1 aliphatic heterocycles. The second-order valence-corrected chi connectivity index (χ2v) is 4.72. The van der Waals surface area contributed by atoms with Gasteiger partial charge in [0.15, 0.2) is 0 Å². The van der Waals surface area contributed by atoms with Crippen molar-refractivity contribution in [3.8, 4) is 0 Å². The van der Waals surface area contributed by atoms with E-state index in [-0.39, 0.29) is 6.54 Å². The van der Waals surface area contributed by atoms with Gasteiger partial charge in [-0.1, -0.05) is 0 Å². The Morgan fingerprint density at radius 2 is 2.05 bits per heavy atom. The lowest BCUT2D eigenvalue weighted by atomic mass is 10.0. The summed E-state index contributed by atoms with van der Waals surface area (Å²) in [6.07, 6.45) is 1.05. The fourth-order valence-corrected chi connectivity index (χ4v) is 1.83. The minimum Gasteiger partial charge on any atom is -0.481 e. The molecule has 1 heterocycles. The Kier molecular flexibility index (Phi) is 5.11. The molecular formula is C11H18N2O6. The maximum atomic E-state index is 11.5. The predicted molar refractivity (Wildman–Crippen MR) is 63.8 cm³/mol. The molecule has 1 unspecified atom stereocenters. The van der Waals surface area contributed by atoms with Crippen molar-refractivity contribution in [2.75, 3.05) is 13.2 Å². The van der Waals surface area contributed by atoms with Crippen LogP contribution >= 0.6 is 0 Å². The molecular weight excluding hydrogens is 256 g/mol. The van der Waals surface area contributed by atoms with Gasteiger partial charge in [0.25, 0.3) is 0 Å². The normalized spacial score (nSPS) is 23.6. The van der Waals surface area contributed by atoms with Crippen LogP contribution in [-0.2, 0) is 14.3 Å². The zero-order valence-electron chi connectivity index (χ0n) is 10.6. The highest BCUT2D eigenvalue weighted by molar-refractivity contribution is 5.86. The van der Waals surface area contributed by atoms with Crippen molar-refractivity contribution in [1.29, 1.82) is 0 Å². The molecule has 0 saturated carbocycles. The molecule has 8 heteroatoms. The number of amides is 2. The molecule has 1 saturated heterocycles. The molecule has 2 atom stereocenters. The van der Waals surface area contributed by atoms with Crippen molar-refractivity contribution in [1.82, 2.24) is 10.6 Å². The third kappa shape index (κ3) is 5.12. The van der Waals surface area contributed by atoms with Gasteiger partial charge in [-0.25, -0.2) is 9.59 Å². The number of nitrogens with one attached hydrogen (secondary N) is 2. The van der Waals surface area contributed by atoms with E-state index in [1.165, 1.54) is 0 Å². The first kappa shape index (κ1) is 15.2. The lowest BCUT2D eigenvalue weighted by molar-refractivity contribution is -0.145. The summed E-state index contributed by atoms with van der Waals surface area (Å²) < 4.78 is 5.45. The average molecular weight is 274 g/mol. The number of urea groups is 1. The molecule has 4 N–H and O–H groups in total. The van der Waals surface area contributed by atoms with E-state index in [2.05, 4.69) is 10.6 Å². The third-order valence-corrected chi connectivity index (χ3v) is 2.91. The van der Waals surface area contributed by atoms with Crippen molar-refractivity contribution in [2.45, 2.75) is 37.8 Å². The summed E-state index contributed by atoms with van der Waals surface area (Å²) in [6.45, 7) is 2.74. The number of carboxylic acids is 2. The van der Waals surface area contributed by atoms with Crippen molar-refractivity contribution >= 4 is 18.0 Å². The van der Waals surface area contributed by atoms with E-state index in [4.69, 9.17) is 14.9 Å². The quantitative estimate of drug-likeness (QED) is 0.531. The van der Waals surface area contributed by atoms with Crippen molar-refractivity contribution in [2.24, 2.45) is 0 Å². The number of hydrogen-bond donors (Lipinski definition) is 4. The van der Waals surface area contributed by atoms with Crippen LogP contribution in [-0.4, -0.2) is 53.0 Å². The van der Waals surface area contributed by atoms with Gasteiger partial charge in [-0.05, 0) is 19.8 Å². The Morgan fingerprint density at radius 3 is 2.53 bits per heavy atom. The first-order valence-corrected chi connectivity index (χ1v) is 5.95. The maximum absolute atomic E-state index is 11.5. The van der Waals surface area contributed by atoms with Crippen LogP contribution in [0.3, 0.4) is 0 Å². The summed E-state index contributed by atoms with van der Waals surface area (Å²) in [5.41, 5.74) is -0.442. The number of aliphatic carboxylic acids is 2. The van der Waals surface area contributed by atoms with Crippen LogP contribution in [0.15, 0.2) is 0 Å². The molecule has 1 aliphatic rings. The maximum Gasteiger partial charge on any atom is 0.326 e. The Labute approximate surface area is 110 Å². The highest BCUT2D eigenvalue weighted by atomic mass is 16.5. The summed E-state index contributed by atoms with van der Waals surface area (Å²) >= 11 is 0. The van der Waals surface area contributed by atoms with Gasteiger partial charge in [0, 0.05) is 13.2 Å². The third-order valence-electron chi connectivity index (χ3n) is 2.91. The molecule has 0 aromatic carbocycles. The summed E-state index contributed by atoms with van der Waals surface area (Å²) in [5, 5.41) is 21.9. The van der Waals surface area contributed by atoms with Crippen LogP contribution in [0.5, 0.6) is 0 Å². The average Bonchev–Trinajstić information content (AvgIpc) is 2.73. The number of hydrogen-bond acceptors (Lipinski definition) is 4. The number of ether oxygens (including phenoxy) is 1. The fourth-order valence-electron chi connectivity index (χ4n) is 1.83. The van der Waals surface area contributed by atoms with Gasteiger partial charge < -0.3 is 25.6 Å². The van der Waals surface area contributed by atoms with Crippen molar-refractivity contribution < 1.29 is 29.3 Å². The van der Waals surface area contributed by atoms with Crippen molar-refractivity contribution in [3.05, 3.63) is 0 Å². The van der Waals surface area contributed by atoms with Gasteiger partial charge in [0.05, 0.1) is 12.0 Å².